The number of nitrogens with two attached hydrogens (primary N) is 1. The van der Waals surface area contributed by atoms with Gasteiger partial charge in [-0.15, -0.1) is 12.4 Å². The number of hydrogen-bond donors (Lipinski definition) is 2. The lowest BCUT2D eigenvalue weighted by atomic mass is 10.1. The molecule has 4 nitrogen and oxygen atoms in total. The molecule has 0 aliphatic carbocycles. The lowest BCUT2D eigenvalue weighted by Crippen LogP contribution is -2.26. The van der Waals surface area contributed by atoms with Crippen molar-refractivity contribution in [2.24, 2.45) is 5.73 Å². The van der Waals surface area contributed by atoms with Gasteiger partial charge in [-0.05, 0) is 41.8 Å². The summed E-state index contributed by atoms with van der Waals surface area (Å²) in [5.74, 6) is 1.32. The molecule has 126 valence electrons. The second-order valence-electron chi connectivity index (χ2n) is 5.05. The zero-order valence-electron chi connectivity index (χ0n) is 12.9. The Morgan fingerprint density at radius 3 is 2.35 bits per heavy atom. The van der Waals surface area contributed by atoms with Crippen LogP contribution in [-0.2, 0) is 13.0 Å². The zero-order chi connectivity index (χ0) is 15.9. The molecule has 2 aromatic rings. The van der Waals surface area contributed by atoms with Crippen molar-refractivity contribution in [1.82, 2.24) is 0 Å². The summed E-state index contributed by atoms with van der Waals surface area (Å²) in [5, 5.41) is 9.72. The maximum atomic E-state index is 9.02. The van der Waals surface area contributed by atoms with Gasteiger partial charge in [-0.2, -0.15) is 0 Å². The van der Waals surface area contributed by atoms with Crippen LogP contribution in [0, 0.1) is 0 Å². The molecule has 0 saturated heterocycles. The minimum absolute atomic E-state index is 0. The molecular weight excluding hydrogens is 337 g/mol. The van der Waals surface area contributed by atoms with Gasteiger partial charge in [-0.3, -0.25) is 0 Å². The van der Waals surface area contributed by atoms with Crippen molar-refractivity contribution >= 4 is 24.0 Å². The van der Waals surface area contributed by atoms with Crippen LogP contribution in [0.5, 0.6) is 11.5 Å². The zero-order valence-corrected chi connectivity index (χ0v) is 14.4. The lowest BCUT2D eigenvalue weighted by molar-refractivity contribution is 0.265. The fourth-order valence-electron chi connectivity index (χ4n) is 2.07. The third-order valence-corrected chi connectivity index (χ3v) is 3.52. The van der Waals surface area contributed by atoms with E-state index in [0.717, 1.165) is 11.1 Å². The molecule has 0 spiro atoms. The number of ether oxygens (including phenoxy) is 2. The number of aliphatic hydroxyl groups is 1. The highest BCUT2D eigenvalue weighted by molar-refractivity contribution is 6.30. The van der Waals surface area contributed by atoms with E-state index >= 15 is 0 Å². The highest BCUT2D eigenvalue weighted by atomic mass is 35.5. The molecule has 0 heterocycles. The smallest absolute Gasteiger partial charge is 0.161 e. The predicted molar refractivity (Wildman–Crippen MR) is 94.8 cm³/mol. The van der Waals surface area contributed by atoms with Gasteiger partial charge in [0.25, 0.3) is 0 Å². The second-order valence-corrected chi connectivity index (χ2v) is 5.48. The third kappa shape index (κ3) is 5.92. The first-order valence-electron chi connectivity index (χ1n) is 7.03. The fraction of sp³-hybridized carbons (Fsp3) is 0.294. The van der Waals surface area contributed by atoms with Crippen LogP contribution in [0.15, 0.2) is 42.5 Å². The largest absolute Gasteiger partial charge is 0.493 e. The van der Waals surface area contributed by atoms with Crippen molar-refractivity contribution < 1.29 is 14.6 Å². The molecule has 0 saturated carbocycles. The van der Waals surface area contributed by atoms with Gasteiger partial charge < -0.3 is 20.3 Å². The Hall–Kier alpha value is -1.46. The minimum atomic E-state index is -0.273. The van der Waals surface area contributed by atoms with E-state index in [-0.39, 0.29) is 25.1 Å². The van der Waals surface area contributed by atoms with E-state index in [4.69, 9.17) is 31.9 Å². The summed E-state index contributed by atoms with van der Waals surface area (Å²) < 4.78 is 11.2. The molecule has 6 heteroatoms. The van der Waals surface area contributed by atoms with Gasteiger partial charge in [0, 0.05) is 11.1 Å². The van der Waals surface area contributed by atoms with Gasteiger partial charge in [0.15, 0.2) is 11.5 Å². The molecule has 3 N–H and O–H groups in total. The summed E-state index contributed by atoms with van der Waals surface area (Å²) in [5.41, 5.74) is 7.77. The predicted octanol–water partition coefficient (Wildman–Crippen LogP) is 3.21. The van der Waals surface area contributed by atoms with Crippen LogP contribution in [0.3, 0.4) is 0 Å². The first kappa shape index (κ1) is 19.6. The molecule has 0 fully saturated rings. The number of aliphatic hydroxyl groups excluding tert-OH is 1. The van der Waals surface area contributed by atoms with Crippen molar-refractivity contribution in [2.45, 2.75) is 19.1 Å². The van der Waals surface area contributed by atoms with Gasteiger partial charge in [-0.1, -0.05) is 29.8 Å². The summed E-state index contributed by atoms with van der Waals surface area (Å²) in [6, 6.07) is 12.9. The molecule has 0 radical (unpaired) electrons. The molecule has 0 aromatic heterocycles. The molecule has 2 aromatic carbocycles. The SMILES string of the molecule is COc1cc(CC(N)CO)ccc1OCc1ccc(Cl)cc1.Cl. The number of rotatable bonds is 7. The summed E-state index contributed by atoms with van der Waals surface area (Å²) in [6.07, 6.45) is 0.588. The maximum Gasteiger partial charge on any atom is 0.161 e. The molecule has 23 heavy (non-hydrogen) atoms. The topological polar surface area (TPSA) is 64.7 Å². The van der Waals surface area contributed by atoms with E-state index in [1.807, 2.05) is 42.5 Å². The lowest BCUT2D eigenvalue weighted by Gasteiger charge is -2.14. The number of benzene rings is 2. The van der Waals surface area contributed by atoms with E-state index in [1.165, 1.54) is 0 Å². The van der Waals surface area contributed by atoms with Crippen molar-refractivity contribution in [3.05, 3.63) is 58.6 Å². The van der Waals surface area contributed by atoms with E-state index in [2.05, 4.69) is 0 Å². The van der Waals surface area contributed by atoms with Gasteiger partial charge in [0.2, 0.25) is 0 Å². The van der Waals surface area contributed by atoms with Crippen LogP contribution in [0.2, 0.25) is 5.02 Å². The summed E-state index contributed by atoms with van der Waals surface area (Å²) in [4.78, 5) is 0. The fourth-order valence-corrected chi connectivity index (χ4v) is 2.19. The van der Waals surface area contributed by atoms with Gasteiger partial charge >= 0.3 is 0 Å². The first-order valence-corrected chi connectivity index (χ1v) is 7.40. The van der Waals surface area contributed by atoms with Crippen LogP contribution in [-0.4, -0.2) is 24.9 Å². The average molecular weight is 358 g/mol. The monoisotopic (exact) mass is 357 g/mol. The van der Waals surface area contributed by atoms with Gasteiger partial charge in [0.1, 0.15) is 6.61 Å². The molecule has 0 aliphatic heterocycles. The summed E-state index contributed by atoms with van der Waals surface area (Å²) in [7, 11) is 1.60. The minimum Gasteiger partial charge on any atom is -0.493 e. The van der Waals surface area contributed by atoms with Crippen LogP contribution < -0.4 is 15.2 Å². The van der Waals surface area contributed by atoms with Crippen LogP contribution in [0.4, 0.5) is 0 Å². The molecule has 1 unspecified atom stereocenters. The number of hydrogen-bond acceptors (Lipinski definition) is 4. The van der Waals surface area contributed by atoms with E-state index in [0.29, 0.717) is 29.5 Å². The Labute approximate surface area is 147 Å². The molecule has 0 amide bonds. The van der Waals surface area contributed by atoms with E-state index in [1.54, 1.807) is 7.11 Å². The van der Waals surface area contributed by atoms with E-state index < -0.39 is 0 Å². The van der Waals surface area contributed by atoms with Crippen LogP contribution in [0.1, 0.15) is 11.1 Å². The van der Waals surface area contributed by atoms with Crippen LogP contribution in [0.25, 0.3) is 0 Å². The third-order valence-electron chi connectivity index (χ3n) is 3.27. The molecule has 0 aliphatic rings. The van der Waals surface area contributed by atoms with Crippen molar-refractivity contribution in [3.63, 3.8) is 0 Å². The van der Waals surface area contributed by atoms with Crippen molar-refractivity contribution in [3.8, 4) is 11.5 Å². The average Bonchev–Trinajstić information content (AvgIpc) is 2.54. The highest BCUT2D eigenvalue weighted by Crippen LogP contribution is 2.29. The Balaban J connectivity index is 0.00000264. The highest BCUT2D eigenvalue weighted by Gasteiger charge is 2.09. The van der Waals surface area contributed by atoms with Gasteiger partial charge in [0.05, 0.1) is 13.7 Å². The number of methoxy groups -OCH3 is 1. The summed E-state index contributed by atoms with van der Waals surface area (Å²) in [6.45, 7) is 0.389. The second kappa shape index (κ2) is 9.63. The van der Waals surface area contributed by atoms with Crippen LogP contribution >= 0.6 is 24.0 Å². The Morgan fingerprint density at radius 1 is 1.09 bits per heavy atom. The maximum absolute atomic E-state index is 9.02. The standard InChI is InChI=1S/C17H20ClNO3.ClH/c1-21-17-9-13(8-15(19)10-20)4-7-16(17)22-11-12-2-5-14(18)6-3-12;/h2-7,9,15,20H,8,10-11,19H2,1H3;1H. The molecular formula is C17H21Cl2NO3. The normalized spacial score (nSPS) is 11.5. The van der Waals surface area contributed by atoms with E-state index in [9.17, 15) is 0 Å². The van der Waals surface area contributed by atoms with Crippen molar-refractivity contribution in [1.29, 1.82) is 0 Å². The Kier molecular flexibility index (Phi) is 8.20. The number of halogens is 2. The quantitative estimate of drug-likeness (QED) is 0.798. The Morgan fingerprint density at radius 2 is 1.74 bits per heavy atom. The summed E-state index contributed by atoms with van der Waals surface area (Å²) >= 11 is 5.86. The van der Waals surface area contributed by atoms with Crippen molar-refractivity contribution in [2.75, 3.05) is 13.7 Å². The molecule has 2 rings (SSSR count). The Bertz CT molecular complexity index is 605. The molecule has 0 bridgehead atoms. The molecule has 1 atom stereocenters. The van der Waals surface area contributed by atoms with Gasteiger partial charge in [-0.25, -0.2) is 0 Å². The first-order chi connectivity index (χ1) is 10.6.